The van der Waals surface area contributed by atoms with E-state index in [0.29, 0.717) is 41.5 Å². The van der Waals surface area contributed by atoms with E-state index in [1.807, 2.05) is 6.92 Å². The minimum atomic E-state index is -0.460. The third-order valence-corrected chi connectivity index (χ3v) is 7.03. The first-order valence-electron chi connectivity index (χ1n) is 13.3. The molecule has 1 aliphatic heterocycles. The number of nitrogens with one attached hydrogen (secondary N) is 3. The Morgan fingerprint density at radius 2 is 1.90 bits per heavy atom. The topological polar surface area (TPSA) is 121 Å². The molecule has 1 aliphatic rings. The fraction of sp³-hybridized carbons (Fsp3) is 0.267. The van der Waals surface area contributed by atoms with Crippen molar-refractivity contribution in [2.45, 2.75) is 39.3 Å². The van der Waals surface area contributed by atoms with E-state index in [4.69, 9.17) is 9.84 Å². The lowest BCUT2D eigenvalue weighted by Crippen LogP contribution is -2.38. The van der Waals surface area contributed by atoms with Crippen molar-refractivity contribution in [1.29, 1.82) is 0 Å². The van der Waals surface area contributed by atoms with Crippen LogP contribution in [0.25, 0.3) is 0 Å². The van der Waals surface area contributed by atoms with Crippen LogP contribution in [0, 0.1) is 5.82 Å². The maximum Gasteiger partial charge on any atom is 0.276 e. The summed E-state index contributed by atoms with van der Waals surface area (Å²) < 4.78 is 20.6. The van der Waals surface area contributed by atoms with Gasteiger partial charge in [0.05, 0.1) is 25.9 Å². The van der Waals surface area contributed by atoms with E-state index in [0.717, 1.165) is 11.3 Å². The summed E-state index contributed by atoms with van der Waals surface area (Å²) in [6.45, 7) is 4.71. The summed E-state index contributed by atoms with van der Waals surface area (Å²) in [6.07, 6.45) is 1.98. The first kappa shape index (κ1) is 27.6. The van der Waals surface area contributed by atoms with E-state index in [9.17, 15) is 18.8 Å². The smallest absolute Gasteiger partial charge is 0.276 e. The molecule has 0 fully saturated rings. The molecule has 0 radical (unpaired) electrons. The number of rotatable bonds is 8. The van der Waals surface area contributed by atoms with Crippen molar-refractivity contribution < 1.29 is 23.5 Å². The number of amides is 3. The number of carbonyl (C=O) groups excluding carboxylic acids is 3. The van der Waals surface area contributed by atoms with Crippen molar-refractivity contribution in [2.24, 2.45) is 0 Å². The number of hydrogen-bond acceptors (Lipinski definition) is 5. The molecule has 2 aromatic heterocycles. The number of halogens is 1. The molecule has 3 N–H and O–H groups in total. The highest BCUT2D eigenvalue weighted by Gasteiger charge is 2.34. The summed E-state index contributed by atoms with van der Waals surface area (Å²) in [5, 5.41) is 10.4. The number of benzene rings is 2. The maximum absolute atomic E-state index is 13.7. The van der Waals surface area contributed by atoms with E-state index in [-0.39, 0.29) is 42.2 Å². The number of aromatic amines is 1. The van der Waals surface area contributed by atoms with Gasteiger partial charge in [0.25, 0.3) is 11.8 Å². The Morgan fingerprint density at radius 3 is 2.59 bits per heavy atom. The quantitative estimate of drug-likeness (QED) is 0.288. The molecule has 0 spiro atoms. The molecule has 212 valence electrons. The standard InChI is InChI=1S/C30H31FN6O4/c1-4-26(38)34-24-14-21(11-12-25(24)41-3)33-29(39)27-22-17-36(30(40)23-6-5-13-32-23)15-18(2)28(22)37(35-27)16-19-7-9-20(31)10-8-19/h5-14,18,32H,4,15-17H2,1-3H3,(H,33,39)(H,34,38). The Hall–Kier alpha value is -4.93. The zero-order chi connectivity index (χ0) is 29.1. The van der Waals surface area contributed by atoms with Gasteiger partial charge in [0.1, 0.15) is 17.3 Å². The molecule has 1 atom stereocenters. The summed E-state index contributed by atoms with van der Waals surface area (Å²) in [6, 6.07) is 14.6. The van der Waals surface area contributed by atoms with Crippen LogP contribution in [0.2, 0.25) is 0 Å². The Bertz CT molecular complexity index is 1580. The predicted octanol–water partition coefficient (Wildman–Crippen LogP) is 4.77. The van der Waals surface area contributed by atoms with E-state index in [1.165, 1.54) is 19.2 Å². The highest BCUT2D eigenvalue weighted by atomic mass is 19.1. The average Bonchev–Trinajstić information content (AvgIpc) is 3.63. The van der Waals surface area contributed by atoms with Gasteiger partial charge in [0, 0.05) is 42.0 Å². The number of fused-ring (bicyclic) bond motifs is 1. The van der Waals surface area contributed by atoms with Crippen LogP contribution in [-0.4, -0.2) is 51.0 Å². The van der Waals surface area contributed by atoms with Crippen molar-refractivity contribution in [3.8, 4) is 5.75 Å². The van der Waals surface area contributed by atoms with Crippen LogP contribution in [0.3, 0.4) is 0 Å². The largest absolute Gasteiger partial charge is 0.495 e. The van der Waals surface area contributed by atoms with Gasteiger partial charge in [0.15, 0.2) is 5.69 Å². The van der Waals surface area contributed by atoms with Gasteiger partial charge < -0.3 is 25.3 Å². The van der Waals surface area contributed by atoms with Crippen LogP contribution in [-0.2, 0) is 17.9 Å². The average molecular weight is 559 g/mol. The van der Waals surface area contributed by atoms with Gasteiger partial charge in [0.2, 0.25) is 5.91 Å². The molecule has 10 nitrogen and oxygen atoms in total. The number of anilines is 2. The number of aromatic nitrogens is 3. The monoisotopic (exact) mass is 558 g/mol. The van der Waals surface area contributed by atoms with Gasteiger partial charge in [-0.15, -0.1) is 0 Å². The zero-order valence-corrected chi connectivity index (χ0v) is 23.0. The second-order valence-electron chi connectivity index (χ2n) is 9.94. The van der Waals surface area contributed by atoms with Crippen LogP contribution in [0.15, 0.2) is 60.8 Å². The molecule has 2 aromatic carbocycles. The summed E-state index contributed by atoms with van der Waals surface area (Å²) >= 11 is 0. The number of carbonyl (C=O) groups is 3. The van der Waals surface area contributed by atoms with E-state index in [2.05, 4.69) is 15.6 Å². The number of methoxy groups -OCH3 is 1. The van der Waals surface area contributed by atoms with Gasteiger partial charge in [-0.2, -0.15) is 5.10 Å². The molecule has 0 saturated heterocycles. The van der Waals surface area contributed by atoms with Crippen molar-refractivity contribution >= 4 is 29.1 Å². The second-order valence-corrected chi connectivity index (χ2v) is 9.94. The SMILES string of the molecule is CCC(=O)Nc1cc(NC(=O)c2nn(Cc3ccc(F)cc3)c3c2CN(C(=O)c2ccc[nH]2)CC3C)ccc1OC. The first-order valence-corrected chi connectivity index (χ1v) is 13.3. The van der Waals surface area contributed by atoms with Gasteiger partial charge in [-0.1, -0.05) is 26.0 Å². The molecule has 3 amide bonds. The van der Waals surface area contributed by atoms with Gasteiger partial charge in [-0.05, 0) is 48.0 Å². The lowest BCUT2D eigenvalue weighted by molar-refractivity contribution is -0.115. The summed E-state index contributed by atoms with van der Waals surface area (Å²) in [4.78, 5) is 43.6. The third-order valence-electron chi connectivity index (χ3n) is 7.03. The molecule has 11 heteroatoms. The molecule has 0 saturated carbocycles. The van der Waals surface area contributed by atoms with Gasteiger partial charge in [-0.25, -0.2) is 4.39 Å². The van der Waals surface area contributed by atoms with Crippen LogP contribution < -0.4 is 15.4 Å². The van der Waals surface area contributed by atoms with Crippen molar-refractivity contribution in [1.82, 2.24) is 19.7 Å². The fourth-order valence-corrected chi connectivity index (χ4v) is 5.06. The molecule has 0 bridgehead atoms. The number of nitrogens with zero attached hydrogens (tertiary/aromatic N) is 3. The molecule has 4 aromatic rings. The van der Waals surface area contributed by atoms with Crippen LogP contribution in [0.4, 0.5) is 15.8 Å². The minimum absolute atomic E-state index is 0.121. The Kier molecular flexibility index (Phi) is 7.86. The minimum Gasteiger partial charge on any atom is -0.495 e. The van der Waals surface area contributed by atoms with Crippen LogP contribution in [0.5, 0.6) is 5.75 Å². The van der Waals surface area contributed by atoms with Crippen LogP contribution >= 0.6 is 0 Å². The lowest BCUT2D eigenvalue weighted by atomic mass is 9.95. The fourth-order valence-electron chi connectivity index (χ4n) is 5.06. The Labute approximate surface area is 236 Å². The molecule has 3 heterocycles. The highest BCUT2D eigenvalue weighted by molar-refractivity contribution is 6.05. The van der Waals surface area contributed by atoms with Crippen molar-refractivity contribution in [2.75, 3.05) is 24.3 Å². The summed E-state index contributed by atoms with van der Waals surface area (Å²) in [7, 11) is 1.50. The number of H-pyrrole nitrogens is 1. The zero-order valence-electron chi connectivity index (χ0n) is 23.0. The van der Waals surface area contributed by atoms with Crippen molar-refractivity contribution in [3.05, 3.63) is 94.8 Å². The predicted molar refractivity (Wildman–Crippen MR) is 152 cm³/mol. The normalized spacial score (nSPS) is 14.3. The summed E-state index contributed by atoms with van der Waals surface area (Å²) in [5.74, 6) is -0.824. The van der Waals surface area contributed by atoms with Crippen molar-refractivity contribution in [3.63, 3.8) is 0 Å². The van der Waals surface area contributed by atoms with E-state index >= 15 is 0 Å². The van der Waals surface area contributed by atoms with E-state index < -0.39 is 5.91 Å². The number of ether oxygens (including phenoxy) is 1. The molecule has 5 rings (SSSR count). The van der Waals surface area contributed by atoms with Gasteiger partial charge >= 0.3 is 0 Å². The molecular formula is C30H31FN6O4. The van der Waals surface area contributed by atoms with E-state index in [1.54, 1.807) is 65.2 Å². The number of hydrogen-bond donors (Lipinski definition) is 3. The highest BCUT2D eigenvalue weighted by Crippen LogP contribution is 2.33. The summed E-state index contributed by atoms with van der Waals surface area (Å²) in [5.41, 5.74) is 3.84. The lowest BCUT2D eigenvalue weighted by Gasteiger charge is -2.32. The first-order chi connectivity index (χ1) is 19.8. The van der Waals surface area contributed by atoms with Gasteiger partial charge in [-0.3, -0.25) is 19.1 Å². The van der Waals surface area contributed by atoms with Crippen LogP contribution in [0.1, 0.15) is 64.0 Å². The Balaban J connectivity index is 1.49. The second kappa shape index (κ2) is 11.7. The molecule has 41 heavy (non-hydrogen) atoms. The Morgan fingerprint density at radius 1 is 1.12 bits per heavy atom. The third kappa shape index (κ3) is 5.84. The molecular weight excluding hydrogens is 527 g/mol. The molecule has 1 unspecified atom stereocenters. The maximum atomic E-state index is 13.7. The molecule has 0 aliphatic carbocycles.